The molecule has 0 fully saturated rings. The highest BCUT2D eigenvalue weighted by atomic mass is 16.6. The van der Waals surface area contributed by atoms with E-state index < -0.39 is 6.10 Å². The second-order valence-corrected chi connectivity index (χ2v) is 15.4. The van der Waals surface area contributed by atoms with Crippen LogP contribution in [-0.2, 0) is 28.6 Å². The van der Waals surface area contributed by atoms with Gasteiger partial charge in [0.15, 0.2) is 6.10 Å². The number of allylic oxidation sites excluding steroid dienone is 14. The molecular weight excluding hydrogens is 721 g/mol. The van der Waals surface area contributed by atoms with Crippen molar-refractivity contribution in [2.75, 3.05) is 13.2 Å². The van der Waals surface area contributed by atoms with Crippen molar-refractivity contribution in [3.05, 3.63) is 85.1 Å². The smallest absolute Gasteiger partial charge is 0.306 e. The molecule has 0 amide bonds. The van der Waals surface area contributed by atoms with Gasteiger partial charge < -0.3 is 14.2 Å². The Hall–Kier alpha value is -3.41. The highest BCUT2D eigenvalue weighted by molar-refractivity contribution is 5.71. The minimum atomic E-state index is -0.802. The summed E-state index contributed by atoms with van der Waals surface area (Å²) in [7, 11) is 0. The van der Waals surface area contributed by atoms with Crippen molar-refractivity contribution in [1.29, 1.82) is 0 Å². The molecule has 0 aliphatic carbocycles. The van der Waals surface area contributed by atoms with E-state index in [4.69, 9.17) is 14.2 Å². The number of rotatable bonds is 41. The maximum Gasteiger partial charge on any atom is 0.306 e. The summed E-state index contributed by atoms with van der Waals surface area (Å²) in [5.41, 5.74) is 0. The first-order valence-electron chi connectivity index (χ1n) is 23.7. The van der Waals surface area contributed by atoms with Crippen molar-refractivity contribution in [3.8, 4) is 0 Å². The molecule has 0 bridgehead atoms. The van der Waals surface area contributed by atoms with Crippen molar-refractivity contribution >= 4 is 17.9 Å². The van der Waals surface area contributed by atoms with E-state index >= 15 is 0 Å². The van der Waals surface area contributed by atoms with Crippen LogP contribution in [0, 0.1) is 0 Å². The minimum absolute atomic E-state index is 0.106. The SMILES string of the molecule is CC\C=C/C=C\C=C/C=C\C=C\C=C/CCCCCC(=O)OCC(COC(=O)CCC/C=C\CCCCCC)OC(=O)CCCCCCCCCCCCCCCC. The highest BCUT2D eigenvalue weighted by Gasteiger charge is 2.19. The first kappa shape index (κ1) is 54.6. The predicted octanol–water partition coefficient (Wildman–Crippen LogP) is 15.3. The van der Waals surface area contributed by atoms with Gasteiger partial charge in [0, 0.05) is 19.3 Å². The van der Waals surface area contributed by atoms with E-state index in [0.29, 0.717) is 25.7 Å². The first-order chi connectivity index (χ1) is 28.5. The van der Waals surface area contributed by atoms with Crippen molar-refractivity contribution in [1.82, 2.24) is 0 Å². The Bertz CT molecular complexity index is 1160. The van der Waals surface area contributed by atoms with Gasteiger partial charge in [-0.25, -0.2) is 0 Å². The number of carbonyl (C=O) groups is 3. The molecule has 0 aromatic heterocycles. The molecule has 1 unspecified atom stereocenters. The Balaban J connectivity index is 4.47. The Morgan fingerprint density at radius 2 is 0.707 bits per heavy atom. The molecule has 0 heterocycles. The molecule has 0 saturated carbocycles. The summed E-state index contributed by atoms with van der Waals surface area (Å²) < 4.78 is 16.6. The number of hydrogen-bond donors (Lipinski definition) is 0. The molecule has 1 atom stereocenters. The van der Waals surface area contributed by atoms with Crippen LogP contribution in [0.25, 0.3) is 0 Å². The molecule has 6 nitrogen and oxygen atoms in total. The van der Waals surface area contributed by atoms with Gasteiger partial charge in [-0.1, -0.05) is 215 Å². The van der Waals surface area contributed by atoms with E-state index in [1.807, 2.05) is 60.8 Å². The third-order valence-electron chi connectivity index (χ3n) is 9.80. The summed E-state index contributed by atoms with van der Waals surface area (Å²) in [6.07, 6.45) is 58.6. The molecule has 0 saturated heterocycles. The van der Waals surface area contributed by atoms with E-state index in [9.17, 15) is 14.4 Å². The van der Waals surface area contributed by atoms with Gasteiger partial charge in [-0.05, 0) is 57.8 Å². The Labute approximate surface area is 356 Å². The van der Waals surface area contributed by atoms with Gasteiger partial charge in [0.1, 0.15) is 13.2 Å². The largest absolute Gasteiger partial charge is 0.462 e. The zero-order chi connectivity index (χ0) is 42.3. The molecular formula is C52H86O6. The van der Waals surface area contributed by atoms with Crippen LogP contribution in [0.1, 0.15) is 207 Å². The molecule has 0 spiro atoms. The van der Waals surface area contributed by atoms with Crippen LogP contribution in [0.4, 0.5) is 0 Å². The fraction of sp³-hybridized carbons (Fsp3) is 0.673. The molecule has 0 aliphatic rings. The van der Waals surface area contributed by atoms with Gasteiger partial charge in [-0.3, -0.25) is 14.4 Å². The zero-order valence-corrected chi connectivity index (χ0v) is 37.5. The van der Waals surface area contributed by atoms with E-state index in [-0.39, 0.29) is 31.1 Å². The lowest BCUT2D eigenvalue weighted by Crippen LogP contribution is -2.30. The zero-order valence-electron chi connectivity index (χ0n) is 37.5. The molecule has 0 radical (unpaired) electrons. The Morgan fingerprint density at radius 1 is 0.362 bits per heavy atom. The average Bonchev–Trinajstić information content (AvgIpc) is 3.22. The maximum absolute atomic E-state index is 12.7. The van der Waals surface area contributed by atoms with Gasteiger partial charge in [-0.2, -0.15) is 0 Å². The number of carbonyl (C=O) groups excluding carboxylic acids is 3. The molecule has 330 valence electrons. The van der Waals surface area contributed by atoms with Crippen LogP contribution < -0.4 is 0 Å². The maximum atomic E-state index is 12.7. The predicted molar refractivity (Wildman–Crippen MR) is 247 cm³/mol. The molecule has 0 aromatic carbocycles. The normalized spacial score (nSPS) is 12.8. The van der Waals surface area contributed by atoms with Gasteiger partial charge >= 0.3 is 17.9 Å². The van der Waals surface area contributed by atoms with E-state index in [1.165, 1.54) is 96.3 Å². The molecule has 0 aliphatic heterocycles. The van der Waals surface area contributed by atoms with Crippen molar-refractivity contribution in [2.45, 2.75) is 213 Å². The van der Waals surface area contributed by atoms with Crippen molar-refractivity contribution in [3.63, 3.8) is 0 Å². The average molecular weight is 807 g/mol. The molecule has 0 aromatic rings. The topological polar surface area (TPSA) is 78.9 Å². The van der Waals surface area contributed by atoms with Crippen LogP contribution in [0.5, 0.6) is 0 Å². The number of esters is 3. The van der Waals surface area contributed by atoms with Gasteiger partial charge in [0.05, 0.1) is 0 Å². The molecule has 0 rings (SSSR count). The second-order valence-electron chi connectivity index (χ2n) is 15.4. The lowest BCUT2D eigenvalue weighted by molar-refractivity contribution is -0.167. The van der Waals surface area contributed by atoms with Crippen LogP contribution in [0.15, 0.2) is 85.1 Å². The fourth-order valence-electron chi connectivity index (χ4n) is 6.24. The van der Waals surface area contributed by atoms with Crippen LogP contribution in [-0.4, -0.2) is 37.2 Å². The van der Waals surface area contributed by atoms with Crippen LogP contribution in [0.2, 0.25) is 0 Å². The minimum Gasteiger partial charge on any atom is -0.462 e. The number of ether oxygens (including phenoxy) is 3. The quantitative estimate of drug-likeness (QED) is 0.0201. The molecule has 6 heteroatoms. The summed E-state index contributed by atoms with van der Waals surface area (Å²) >= 11 is 0. The lowest BCUT2D eigenvalue weighted by atomic mass is 10.0. The first-order valence-corrected chi connectivity index (χ1v) is 23.7. The van der Waals surface area contributed by atoms with Crippen molar-refractivity contribution in [2.24, 2.45) is 0 Å². The summed E-state index contributed by atoms with van der Waals surface area (Å²) in [6.45, 7) is 6.38. The Morgan fingerprint density at radius 3 is 1.19 bits per heavy atom. The van der Waals surface area contributed by atoms with Gasteiger partial charge in [0.25, 0.3) is 0 Å². The highest BCUT2D eigenvalue weighted by Crippen LogP contribution is 2.14. The standard InChI is InChI=1S/C52H86O6/c1-4-7-10-13-16-19-21-23-25-26-27-29-30-33-36-39-42-45-51(54)57-48-49(47-56-50(53)44-41-38-35-32-18-15-12-9-6-3)58-52(55)46-43-40-37-34-31-28-24-22-20-17-14-11-8-5-2/h7,10,13,16,19,21,23,25-27,29-30,32,35,49H,4-6,8-9,11-12,14-15,17-18,20,22,24,28,31,33-34,36-48H2,1-3H3/b10-7-,16-13-,21-19-,25-23-,27-26+,30-29-,35-32-. The summed E-state index contributed by atoms with van der Waals surface area (Å²) in [4.78, 5) is 37.7. The fourth-order valence-corrected chi connectivity index (χ4v) is 6.24. The van der Waals surface area contributed by atoms with Crippen molar-refractivity contribution < 1.29 is 28.6 Å². The van der Waals surface area contributed by atoms with Gasteiger partial charge in [0.2, 0.25) is 0 Å². The van der Waals surface area contributed by atoms with E-state index in [2.05, 4.69) is 45.1 Å². The summed E-state index contributed by atoms with van der Waals surface area (Å²) in [5.74, 6) is -0.986. The number of hydrogen-bond acceptors (Lipinski definition) is 6. The third-order valence-corrected chi connectivity index (χ3v) is 9.80. The second kappa shape index (κ2) is 46.3. The summed E-state index contributed by atoms with van der Waals surface area (Å²) in [5, 5.41) is 0. The summed E-state index contributed by atoms with van der Waals surface area (Å²) in [6, 6.07) is 0. The third kappa shape index (κ3) is 43.7. The number of unbranched alkanes of at least 4 members (excludes halogenated alkanes) is 21. The van der Waals surface area contributed by atoms with Gasteiger partial charge in [-0.15, -0.1) is 0 Å². The van der Waals surface area contributed by atoms with Crippen LogP contribution in [0.3, 0.4) is 0 Å². The lowest BCUT2D eigenvalue weighted by Gasteiger charge is -2.18. The van der Waals surface area contributed by atoms with E-state index in [0.717, 1.165) is 64.2 Å². The van der Waals surface area contributed by atoms with E-state index in [1.54, 1.807) is 0 Å². The molecule has 0 N–H and O–H groups in total. The Kier molecular flexibility index (Phi) is 43.6. The monoisotopic (exact) mass is 807 g/mol. The van der Waals surface area contributed by atoms with Crippen LogP contribution >= 0.6 is 0 Å². The molecule has 58 heavy (non-hydrogen) atoms.